The van der Waals surface area contributed by atoms with E-state index in [0.29, 0.717) is 13.2 Å². The number of hydrogen-bond donors (Lipinski definition) is 1. The minimum atomic E-state index is 0.498. The molecule has 106 valence electrons. The van der Waals surface area contributed by atoms with Crippen LogP contribution in [-0.4, -0.2) is 13.2 Å². The second kappa shape index (κ2) is 6.66. The maximum atomic E-state index is 5.70. The summed E-state index contributed by atoms with van der Waals surface area (Å²) in [5.41, 5.74) is 8.68. The fraction of sp³-hybridized carbons (Fsp3) is 0.250. The average molecular weight is 336 g/mol. The van der Waals surface area contributed by atoms with Crippen molar-refractivity contribution in [1.82, 2.24) is 0 Å². The van der Waals surface area contributed by atoms with Crippen molar-refractivity contribution in [2.24, 2.45) is 0 Å². The molecule has 0 aliphatic rings. The molecule has 0 aliphatic heterocycles. The summed E-state index contributed by atoms with van der Waals surface area (Å²) in [7, 11) is 0. The minimum absolute atomic E-state index is 0.498. The van der Waals surface area contributed by atoms with Crippen molar-refractivity contribution in [3.8, 4) is 11.5 Å². The second-order valence-electron chi connectivity index (χ2n) is 4.64. The third-order valence-electron chi connectivity index (χ3n) is 2.91. The number of benzene rings is 2. The van der Waals surface area contributed by atoms with Gasteiger partial charge in [-0.15, -0.1) is 0 Å². The summed E-state index contributed by atoms with van der Waals surface area (Å²) in [6.07, 6.45) is 0. The number of anilines is 1. The number of hydrogen-bond acceptors (Lipinski definition) is 3. The number of aryl methyl sites for hydroxylation is 2. The molecule has 2 aromatic rings. The van der Waals surface area contributed by atoms with Crippen LogP contribution in [0.5, 0.6) is 11.5 Å². The van der Waals surface area contributed by atoms with E-state index in [1.54, 1.807) is 0 Å². The highest BCUT2D eigenvalue weighted by Crippen LogP contribution is 2.26. The van der Waals surface area contributed by atoms with Gasteiger partial charge in [-0.05, 0) is 61.4 Å². The van der Waals surface area contributed by atoms with Crippen LogP contribution < -0.4 is 15.2 Å². The van der Waals surface area contributed by atoms with Gasteiger partial charge in [0, 0.05) is 10.2 Å². The summed E-state index contributed by atoms with van der Waals surface area (Å²) in [5.74, 6) is 1.66. The standard InChI is InChI=1S/C16H18BrNO2/c1-11-9-15(10-12(2)16(11)17)20-8-7-19-14-5-3-13(18)4-6-14/h3-6,9-10H,7-8,18H2,1-2H3. The molecule has 20 heavy (non-hydrogen) atoms. The molecule has 0 bridgehead atoms. The van der Waals surface area contributed by atoms with Gasteiger partial charge in [0.1, 0.15) is 24.7 Å². The topological polar surface area (TPSA) is 44.5 Å². The molecule has 0 unspecified atom stereocenters. The highest BCUT2D eigenvalue weighted by Gasteiger charge is 2.03. The third-order valence-corrected chi connectivity index (χ3v) is 4.16. The first-order valence-electron chi connectivity index (χ1n) is 6.44. The van der Waals surface area contributed by atoms with Crippen LogP contribution in [0.2, 0.25) is 0 Å². The fourth-order valence-corrected chi connectivity index (χ4v) is 2.10. The predicted molar refractivity (Wildman–Crippen MR) is 85.5 cm³/mol. The van der Waals surface area contributed by atoms with Crippen LogP contribution in [0.4, 0.5) is 5.69 Å². The van der Waals surface area contributed by atoms with E-state index >= 15 is 0 Å². The summed E-state index contributed by atoms with van der Waals surface area (Å²) >= 11 is 3.54. The lowest BCUT2D eigenvalue weighted by Gasteiger charge is -2.11. The molecule has 0 radical (unpaired) electrons. The van der Waals surface area contributed by atoms with E-state index in [2.05, 4.69) is 29.8 Å². The highest BCUT2D eigenvalue weighted by atomic mass is 79.9. The summed E-state index contributed by atoms with van der Waals surface area (Å²) < 4.78 is 12.4. The normalized spacial score (nSPS) is 10.3. The molecule has 0 saturated carbocycles. The van der Waals surface area contributed by atoms with E-state index in [4.69, 9.17) is 15.2 Å². The molecule has 0 heterocycles. The Morgan fingerprint density at radius 2 is 1.40 bits per heavy atom. The lowest BCUT2D eigenvalue weighted by Crippen LogP contribution is -2.09. The highest BCUT2D eigenvalue weighted by molar-refractivity contribution is 9.10. The van der Waals surface area contributed by atoms with Crippen molar-refractivity contribution < 1.29 is 9.47 Å². The zero-order chi connectivity index (χ0) is 14.5. The molecule has 0 aliphatic carbocycles. The minimum Gasteiger partial charge on any atom is -0.490 e. The van der Waals surface area contributed by atoms with Crippen molar-refractivity contribution in [3.05, 3.63) is 52.0 Å². The number of nitrogen functional groups attached to an aromatic ring is 1. The van der Waals surface area contributed by atoms with Gasteiger partial charge in [0.05, 0.1) is 0 Å². The van der Waals surface area contributed by atoms with Crippen molar-refractivity contribution >= 4 is 21.6 Å². The lowest BCUT2D eigenvalue weighted by atomic mass is 10.1. The average Bonchev–Trinajstić information content (AvgIpc) is 2.43. The summed E-state index contributed by atoms with van der Waals surface area (Å²) in [6, 6.07) is 11.4. The SMILES string of the molecule is Cc1cc(OCCOc2ccc(N)cc2)cc(C)c1Br. The van der Waals surface area contributed by atoms with Crippen LogP contribution in [0, 0.1) is 13.8 Å². The van der Waals surface area contributed by atoms with Crippen LogP contribution in [-0.2, 0) is 0 Å². The first kappa shape index (κ1) is 14.7. The van der Waals surface area contributed by atoms with Crippen molar-refractivity contribution in [2.45, 2.75) is 13.8 Å². The Balaban J connectivity index is 1.83. The van der Waals surface area contributed by atoms with Gasteiger partial charge in [-0.25, -0.2) is 0 Å². The third kappa shape index (κ3) is 3.90. The van der Waals surface area contributed by atoms with Gasteiger partial charge in [0.2, 0.25) is 0 Å². The molecule has 0 aromatic heterocycles. The van der Waals surface area contributed by atoms with E-state index in [9.17, 15) is 0 Å². The van der Waals surface area contributed by atoms with Crippen molar-refractivity contribution in [1.29, 1.82) is 0 Å². The summed E-state index contributed by atoms with van der Waals surface area (Å²) in [6.45, 7) is 5.10. The lowest BCUT2D eigenvalue weighted by molar-refractivity contribution is 0.217. The maximum Gasteiger partial charge on any atom is 0.122 e. The Kier molecular flexibility index (Phi) is 4.90. The molecule has 2 aromatic carbocycles. The predicted octanol–water partition coefficient (Wildman–Crippen LogP) is 4.11. The molecular weight excluding hydrogens is 318 g/mol. The fourth-order valence-electron chi connectivity index (χ4n) is 1.87. The van der Waals surface area contributed by atoms with Gasteiger partial charge in [-0.1, -0.05) is 15.9 Å². The monoisotopic (exact) mass is 335 g/mol. The Hall–Kier alpha value is -1.68. The molecule has 0 fully saturated rings. The number of nitrogens with two attached hydrogens (primary N) is 1. The zero-order valence-electron chi connectivity index (χ0n) is 11.7. The molecule has 3 nitrogen and oxygen atoms in total. The maximum absolute atomic E-state index is 5.70. The first-order chi connectivity index (χ1) is 9.56. The van der Waals surface area contributed by atoms with Gasteiger partial charge in [-0.3, -0.25) is 0 Å². The molecule has 2 N–H and O–H groups in total. The first-order valence-corrected chi connectivity index (χ1v) is 7.23. The molecular formula is C16H18BrNO2. The molecule has 2 rings (SSSR count). The Morgan fingerprint density at radius 3 is 1.95 bits per heavy atom. The van der Waals surface area contributed by atoms with Gasteiger partial charge in [0.25, 0.3) is 0 Å². The smallest absolute Gasteiger partial charge is 0.122 e. The molecule has 0 spiro atoms. The quantitative estimate of drug-likeness (QED) is 0.660. The molecule has 0 atom stereocenters. The second-order valence-corrected chi connectivity index (χ2v) is 5.43. The number of halogens is 1. The van der Waals surface area contributed by atoms with E-state index in [-0.39, 0.29) is 0 Å². The summed E-state index contributed by atoms with van der Waals surface area (Å²) in [5, 5.41) is 0. The largest absolute Gasteiger partial charge is 0.490 e. The van der Waals surface area contributed by atoms with Crippen molar-refractivity contribution in [2.75, 3.05) is 18.9 Å². The van der Waals surface area contributed by atoms with E-state index < -0.39 is 0 Å². The Bertz CT molecular complexity index is 559. The van der Waals surface area contributed by atoms with Crippen LogP contribution in [0.25, 0.3) is 0 Å². The summed E-state index contributed by atoms with van der Waals surface area (Å²) in [4.78, 5) is 0. The van der Waals surface area contributed by atoms with Crippen LogP contribution in [0.1, 0.15) is 11.1 Å². The molecule has 0 saturated heterocycles. The zero-order valence-corrected chi connectivity index (χ0v) is 13.2. The Morgan fingerprint density at radius 1 is 0.900 bits per heavy atom. The van der Waals surface area contributed by atoms with Gasteiger partial charge >= 0.3 is 0 Å². The van der Waals surface area contributed by atoms with Crippen LogP contribution >= 0.6 is 15.9 Å². The molecule has 4 heteroatoms. The van der Waals surface area contributed by atoms with Gasteiger partial charge in [0.15, 0.2) is 0 Å². The van der Waals surface area contributed by atoms with Gasteiger partial charge in [-0.2, -0.15) is 0 Å². The number of ether oxygens (including phenoxy) is 2. The molecule has 0 amide bonds. The van der Waals surface area contributed by atoms with Gasteiger partial charge < -0.3 is 15.2 Å². The van der Waals surface area contributed by atoms with Crippen molar-refractivity contribution in [3.63, 3.8) is 0 Å². The number of rotatable bonds is 5. The van der Waals surface area contributed by atoms with E-state index in [0.717, 1.165) is 21.7 Å². The van der Waals surface area contributed by atoms with Crippen LogP contribution in [0.15, 0.2) is 40.9 Å². The van der Waals surface area contributed by atoms with E-state index in [1.807, 2.05) is 36.4 Å². The van der Waals surface area contributed by atoms with E-state index in [1.165, 1.54) is 11.1 Å². The Labute approximate surface area is 127 Å². The van der Waals surface area contributed by atoms with Crippen LogP contribution in [0.3, 0.4) is 0 Å².